The van der Waals surface area contributed by atoms with Gasteiger partial charge in [-0.3, -0.25) is 0 Å². The molecule has 4 heteroatoms. The fraction of sp³-hybridized carbons (Fsp3) is 0. The van der Waals surface area contributed by atoms with Gasteiger partial charge in [0.15, 0.2) is 0 Å². The molecule has 2 N–H and O–H groups in total. The van der Waals surface area contributed by atoms with Gasteiger partial charge in [-0.05, 0) is 17.7 Å². The monoisotopic (exact) mass is 189 g/mol. The summed E-state index contributed by atoms with van der Waals surface area (Å²) >= 11 is 0. The number of nitrogens with zero attached hydrogens (tertiary/aromatic N) is 2. The molecule has 0 radical (unpaired) electrons. The molecular weight excluding hydrogens is 181 g/mol. The van der Waals surface area contributed by atoms with Crippen LogP contribution in [0.4, 0.5) is 10.2 Å². The van der Waals surface area contributed by atoms with Crippen molar-refractivity contribution in [3.05, 3.63) is 42.6 Å². The molecule has 0 spiro atoms. The van der Waals surface area contributed by atoms with Gasteiger partial charge in [-0.25, -0.2) is 14.4 Å². The summed E-state index contributed by atoms with van der Waals surface area (Å²) in [7, 11) is 0. The molecule has 0 fully saturated rings. The Morgan fingerprint density at radius 1 is 1.29 bits per heavy atom. The number of hydrogen-bond donors (Lipinski definition) is 1. The van der Waals surface area contributed by atoms with Crippen LogP contribution in [0.3, 0.4) is 0 Å². The van der Waals surface area contributed by atoms with Gasteiger partial charge in [0.1, 0.15) is 18.0 Å². The molecule has 1 aromatic carbocycles. The van der Waals surface area contributed by atoms with Crippen LogP contribution in [0.2, 0.25) is 0 Å². The van der Waals surface area contributed by atoms with E-state index in [0.29, 0.717) is 16.9 Å². The van der Waals surface area contributed by atoms with Crippen molar-refractivity contribution in [3.8, 4) is 11.1 Å². The van der Waals surface area contributed by atoms with Gasteiger partial charge in [0.2, 0.25) is 0 Å². The Hall–Kier alpha value is -1.97. The maximum Gasteiger partial charge on any atom is 0.134 e. The van der Waals surface area contributed by atoms with Gasteiger partial charge in [0, 0.05) is 11.8 Å². The second-order valence-corrected chi connectivity index (χ2v) is 2.83. The predicted octanol–water partition coefficient (Wildman–Crippen LogP) is 1.86. The zero-order valence-corrected chi connectivity index (χ0v) is 7.31. The van der Waals surface area contributed by atoms with Gasteiger partial charge in [-0.2, -0.15) is 0 Å². The van der Waals surface area contributed by atoms with Crippen molar-refractivity contribution in [1.29, 1.82) is 0 Å². The van der Waals surface area contributed by atoms with Crippen molar-refractivity contribution in [1.82, 2.24) is 9.97 Å². The van der Waals surface area contributed by atoms with Crippen molar-refractivity contribution in [2.24, 2.45) is 0 Å². The van der Waals surface area contributed by atoms with Gasteiger partial charge in [0.25, 0.3) is 0 Å². The lowest BCUT2D eigenvalue weighted by Gasteiger charge is -2.02. The van der Waals surface area contributed by atoms with Gasteiger partial charge in [0.05, 0.1) is 0 Å². The van der Waals surface area contributed by atoms with E-state index < -0.39 is 0 Å². The third-order valence-corrected chi connectivity index (χ3v) is 1.88. The minimum absolute atomic E-state index is 0.300. The highest BCUT2D eigenvalue weighted by Gasteiger charge is 2.03. The molecule has 14 heavy (non-hydrogen) atoms. The van der Waals surface area contributed by atoms with Crippen LogP contribution in [0.1, 0.15) is 0 Å². The lowest BCUT2D eigenvalue weighted by Crippen LogP contribution is -1.94. The normalized spacial score (nSPS) is 10.1. The van der Waals surface area contributed by atoms with Crippen LogP contribution in [0.25, 0.3) is 11.1 Å². The largest absolute Gasteiger partial charge is 0.383 e. The number of rotatable bonds is 1. The molecule has 2 rings (SSSR count). The zero-order chi connectivity index (χ0) is 9.97. The third kappa shape index (κ3) is 1.54. The summed E-state index contributed by atoms with van der Waals surface area (Å²) < 4.78 is 12.9. The Kier molecular flexibility index (Phi) is 2.10. The van der Waals surface area contributed by atoms with E-state index in [1.807, 2.05) is 0 Å². The minimum Gasteiger partial charge on any atom is -0.383 e. The summed E-state index contributed by atoms with van der Waals surface area (Å²) in [6, 6.07) is 6.16. The van der Waals surface area contributed by atoms with Crippen molar-refractivity contribution < 1.29 is 4.39 Å². The van der Waals surface area contributed by atoms with Crippen LogP contribution in [0.15, 0.2) is 36.8 Å². The van der Waals surface area contributed by atoms with Gasteiger partial charge >= 0.3 is 0 Å². The van der Waals surface area contributed by atoms with Crippen molar-refractivity contribution in [2.45, 2.75) is 0 Å². The van der Waals surface area contributed by atoms with E-state index in [9.17, 15) is 4.39 Å². The molecule has 0 aliphatic heterocycles. The number of halogens is 1. The molecule has 0 amide bonds. The fourth-order valence-corrected chi connectivity index (χ4v) is 1.22. The molecular formula is C10H8FN3. The lowest BCUT2D eigenvalue weighted by molar-refractivity contribution is 0.628. The number of anilines is 1. The molecule has 0 unspecified atom stereocenters. The Bertz CT molecular complexity index is 457. The Labute approximate surface area is 80.4 Å². The highest BCUT2D eigenvalue weighted by molar-refractivity contribution is 5.72. The van der Waals surface area contributed by atoms with Crippen LogP contribution >= 0.6 is 0 Å². The first kappa shape index (κ1) is 8.62. The molecule has 3 nitrogen and oxygen atoms in total. The molecule has 0 aliphatic rings. The highest BCUT2D eigenvalue weighted by Crippen LogP contribution is 2.22. The van der Waals surface area contributed by atoms with Gasteiger partial charge in [-0.1, -0.05) is 12.1 Å². The smallest absolute Gasteiger partial charge is 0.134 e. The first-order valence-electron chi connectivity index (χ1n) is 4.09. The van der Waals surface area contributed by atoms with Crippen molar-refractivity contribution in [3.63, 3.8) is 0 Å². The Morgan fingerprint density at radius 2 is 2.14 bits per heavy atom. The van der Waals surface area contributed by atoms with E-state index in [4.69, 9.17) is 5.73 Å². The summed E-state index contributed by atoms with van der Waals surface area (Å²) in [4.78, 5) is 7.67. The maximum absolute atomic E-state index is 12.9. The second kappa shape index (κ2) is 3.41. The number of aromatic nitrogens is 2. The quantitative estimate of drug-likeness (QED) is 0.744. The van der Waals surface area contributed by atoms with E-state index in [2.05, 4.69) is 9.97 Å². The number of benzene rings is 1. The molecule has 2 aromatic rings. The topological polar surface area (TPSA) is 51.8 Å². The second-order valence-electron chi connectivity index (χ2n) is 2.83. The van der Waals surface area contributed by atoms with Crippen LogP contribution in [-0.4, -0.2) is 9.97 Å². The van der Waals surface area contributed by atoms with E-state index in [-0.39, 0.29) is 5.82 Å². The standard InChI is InChI=1S/C10H8FN3/c11-8-3-1-2-7(4-8)9-5-13-6-14-10(9)12/h1-6H,(H2,12,13,14). The third-order valence-electron chi connectivity index (χ3n) is 1.88. The zero-order valence-electron chi connectivity index (χ0n) is 7.31. The molecule has 0 atom stereocenters. The summed E-state index contributed by atoms with van der Waals surface area (Å²) in [5, 5.41) is 0. The summed E-state index contributed by atoms with van der Waals surface area (Å²) in [5.74, 6) is 0.0522. The van der Waals surface area contributed by atoms with Crippen LogP contribution in [0.5, 0.6) is 0 Å². The van der Waals surface area contributed by atoms with E-state index in [1.165, 1.54) is 18.5 Å². The van der Waals surface area contributed by atoms with Gasteiger partial charge < -0.3 is 5.73 Å². The highest BCUT2D eigenvalue weighted by atomic mass is 19.1. The molecule has 0 bridgehead atoms. The first-order valence-corrected chi connectivity index (χ1v) is 4.09. The van der Waals surface area contributed by atoms with Crippen molar-refractivity contribution >= 4 is 5.82 Å². The average molecular weight is 189 g/mol. The number of hydrogen-bond acceptors (Lipinski definition) is 3. The molecule has 1 aromatic heterocycles. The maximum atomic E-state index is 12.9. The lowest BCUT2D eigenvalue weighted by atomic mass is 10.1. The fourth-order valence-electron chi connectivity index (χ4n) is 1.22. The molecule has 1 heterocycles. The molecule has 0 saturated heterocycles. The number of nitrogens with two attached hydrogens (primary N) is 1. The predicted molar refractivity (Wildman–Crippen MR) is 51.8 cm³/mol. The molecule has 0 aliphatic carbocycles. The summed E-state index contributed by atoms with van der Waals surface area (Å²) in [6.07, 6.45) is 2.93. The minimum atomic E-state index is -0.300. The SMILES string of the molecule is Nc1ncncc1-c1cccc(F)c1. The van der Waals surface area contributed by atoms with E-state index in [1.54, 1.807) is 18.3 Å². The van der Waals surface area contributed by atoms with E-state index in [0.717, 1.165) is 0 Å². The van der Waals surface area contributed by atoms with Crippen LogP contribution in [0, 0.1) is 5.82 Å². The Balaban J connectivity index is 2.55. The van der Waals surface area contributed by atoms with Crippen LogP contribution < -0.4 is 5.73 Å². The first-order chi connectivity index (χ1) is 6.77. The van der Waals surface area contributed by atoms with E-state index >= 15 is 0 Å². The Morgan fingerprint density at radius 3 is 2.86 bits per heavy atom. The summed E-state index contributed by atoms with van der Waals surface area (Å²) in [6.45, 7) is 0. The van der Waals surface area contributed by atoms with Gasteiger partial charge in [-0.15, -0.1) is 0 Å². The average Bonchev–Trinajstić information content (AvgIpc) is 2.18. The summed E-state index contributed by atoms with van der Waals surface area (Å²) in [5.41, 5.74) is 6.96. The molecule has 70 valence electrons. The molecule has 0 saturated carbocycles. The van der Waals surface area contributed by atoms with Crippen LogP contribution in [-0.2, 0) is 0 Å². The number of nitrogen functional groups attached to an aromatic ring is 1. The van der Waals surface area contributed by atoms with Crippen molar-refractivity contribution in [2.75, 3.05) is 5.73 Å².